The van der Waals surface area contributed by atoms with Crippen LogP contribution in [0.4, 0.5) is 5.69 Å². The van der Waals surface area contributed by atoms with E-state index in [2.05, 4.69) is 20.8 Å². The first-order valence-electron chi connectivity index (χ1n) is 10.5. The summed E-state index contributed by atoms with van der Waals surface area (Å²) in [5.41, 5.74) is 7.49. The Hall–Kier alpha value is -1.38. The van der Waals surface area contributed by atoms with Gasteiger partial charge in [-0.2, -0.15) is 0 Å². The monoisotopic (exact) mass is 409 g/mol. The summed E-state index contributed by atoms with van der Waals surface area (Å²) >= 11 is 0. The number of hydrogen-bond acceptors (Lipinski definition) is 7. The molecule has 1 aromatic carbocycles. The van der Waals surface area contributed by atoms with Crippen LogP contribution in [0, 0.1) is 11.3 Å². The first-order valence-corrected chi connectivity index (χ1v) is 10.5. The summed E-state index contributed by atoms with van der Waals surface area (Å²) in [6.07, 6.45) is -1.74. The zero-order valence-corrected chi connectivity index (χ0v) is 17.5. The molecule has 2 fully saturated rings. The van der Waals surface area contributed by atoms with Crippen molar-refractivity contribution in [2.24, 2.45) is 11.3 Å². The van der Waals surface area contributed by atoms with Crippen LogP contribution in [0.3, 0.4) is 0 Å². The Balaban J connectivity index is 1.72. The summed E-state index contributed by atoms with van der Waals surface area (Å²) in [4.78, 5) is 0. The molecule has 0 aromatic heterocycles. The van der Waals surface area contributed by atoms with Crippen LogP contribution >= 0.6 is 0 Å². The lowest BCUT2D eigenvalue weighted by Gasteiger charge is -2.40. The van der Waals surface area contributed by atoms with Gasteiger partial charge < -0.3 is 35.6 Å². The number of aliphatic hydroxyl groups is 4. The van der Waals surface area contributed by atoms with Gasteiger partial charge in [-0.05, 0) is 54.7 Å². The zero-order valence-electron chi connectivity index (χ0n) is 17.5. The van der Waals surface area contributed by atoms with E-state index in [-0.39, 0.29) is 6.10 Å². The minimum absolute atomic E-state index is 0.0842. The van der Waals surface area contributed by atoms with Gasteiger partial charge in [0.25, 0.3) is 0 Å². The fourth-order valence-corrected chi connectivity index (χ4v) is 4.43. The van der Waals surface area contributed by atoms with Crippen molar-refractivity contribution in [2.75, 3.05) is 12.3 Å². The first kappa shape index (κ1) is 22.3. The van der Waals surface area contributed by atoms with E-state index >= 15 is 0 Å². The lowest BCUT2D eigenvalue weighted by molar-refractivity contribution is -0.231. The Morgan fingerprint density at radius 1 is 1.03 bits per heavy atom. The molecule has 7 heteroatoms. The largest absolute Gasteiger partial charge is 0.488 e. The Bertz CT molecular complexity index is 680. The number of nitrogen functional groups attached to an aromatic ring is 1. The number of hydrogen-bond donors (Lipinski definition) is 5. The van der Waals surface area contributed by atoms with Gasteiger partial charge in [-0.15, -0.1) is 0 Å². The lowest BCUT2D eigenvalue weighted by Crippen LogP contribution is -2.55. The molecular formula is C22H35NO6. The third kappa shape index (κ3) is 4.86. The second kappa shape index (κ2) is 8.78. The van der Waals surface area contributed by atoms with E-state index in [1.165, 1.54) is 0 Å². The van der Waals surface area contributed by atoms with Gasteiger partial charge in [0.1, 0.15) is 36.3 Å². The zero-order chi connectivity index (χ0) is 21.3. The standard InChI is InChI=1S/C22H35NO6/c1-22(2,3)13-5-7-14(8-6-13)28-16-10-12(4-9-15(16)23)21-20(27)19(26)18(25)17(11-24)29-21/h4,9-10,13-14,17-21,24-27H,5-8,11,23H2,1-3H3/t13?,14?,17-,18-,19+,20-,21+/m1/s1. The summed E-state index contributed by atoms with van der Waals surface area (Å²) < 4.78 is 11.8. The van der Waals surface area contributed by atoms with Gasteiger partial charge in [-0.3, -0.25) is 0 Å². The molecule has 164 valence electrons. The van der Waals surface area contributed by atoms with Gasteiger partial charge in [0, 0.05) is 0 Å². The maximum absolute atomic E-state index is 10.4. The van der Waals surface area contributed by atoms with Gasteiger partial charge >= 0.3 is 0 Å². The van der Waals surface area contributed by atoms with Crippen molar-refractivity contribution < 1.29 is 29.9 Å². The molecule has 1 aliphatic heterocycles. The van der Waals surface area contributed by atoms with Crippen molar-refractivity contribution in [2.45, 2.75) is 83.1 Å². The van der Waals surface area contributed by atoms with E-state index in [1.807, 2.05) is 0 Å². The molecule has 0 spiro atoms. The average Bonchev–Trinajstić information content (AvgIpc) is 2.68. The molecule has 1 saturated carbocycles. The molecule has 0 radical (unpaired) electrons. The van der Waals surface area contributed by atoms with Gasteiger partial charge in [-0.25, -0.2) is 0 Å². The van der Waals surface area contributed by atoms with Crippen LogP contribution in [-0.4, -0.2) is 57.6 Å². The summed E-state index contributed by atoms with van der Waals surface area (Å²) in [5, 5.41) is 39.8. The van der Waals surface area contributed by atoms with Crippen molar-refractivity contribution in [3.05, 3.63) is 23.8 Å². The van der Waals surface area contributed by atoms with E-state index in [0.717, 1.165) is 25.7 Å². The van der Waals surface area contributed by atoms with Gasteiger partial charge in [0.15, 0.2) is 0 Å². The predicted octanol–water partition coefficient (Wildman–Crippen LogP) is 1.77. The fraction of sp³-hybridized carbons (Fsp3) is 0.727. The molecule has 1 aliphatic carbocycles. The number of rotatable bonds is 4. The lowest BCUT2D eigenvalue weighted by atomic mass is 9.72. The molecule has 0 bridgehead atoms. The van der Waals surface area contributed by atoms with Gasteiger partial charge in [-0.1, -0.05) is 26.8 Å². The molecule has 0 amide bonds. The Morgan fingerprint density at radius 2 is 1.69 bits per heavy atom. The summed E-state index contributed by atoms with van der Waals surface area (Å²) in [7, 11) is 0. The topological polar surface area (TPSA) is 125 Å². The quantitative estimate of drug-likeness (QED) is 0.480. The molecule has 1 heterocycles. The van der Waals surface area contributed by atoms with Crippen LogP contribution in [0.2, 0.25) is 0 Å². The molecular weight excluding hydrogens is 374 g/mol. The highest BCUT2D eigenvalue weighted by atomic mass is 16.5. The number of ether oxygens (including phenoxy) is 2. The van der Waals surface area contributed by atoms with Crippen LogP contribution in [0.15, 0.2) is 18.2 Å². The number of nitrogens with two attached hydrogens (primary N) is 1. The third-order valence-electron chi connectivity index (χ3n) is 6.45. The summed E-state index contributed by atoms with van der Waals surface area (Å²) in [6, 6.07) is 5.11. The Kier molecular flexibility index (Phi) is 6.75. The molecule has 5 atom stereocenters. The summed E-state index contributed by atoms with van der Waals surface area (Å²) in [6.45, 7) is 6.37. The van der Waals surface area contributed by atoms with Crippen LogP contribution in [0.5, 0.6) is 5.75 Å². The van der Waals surface area contributed by atoms with Crippen LogP contribution in [-0.2, 0) is 4.74 Å². The van der Waals surface area contributed by atoms with Gasteiger partial charge in [0.2, 0.25) is 0 Å². The van der Waals surface area contributed by atoms with Crippen molar-refractivity contribution in [1.82, 2.24) is 0 Å². The third-order valence-corrected chi connectivity index (χ3v) is 6.45. The molecule has 2 aliphatic rings. The molecule has 1 aromatic rings. The van der Waals surface area contributed by atoms with E-state index in [0.29, 0.717) is 28.3 Å². The van der Waals surface area contributed by atoms with E-state index in [9.17, 15) is 20.4 Å². The average molecular weight is 410 g/mol. The highest BCUT2D eigenvalue weighted by Gasteiger charge is 2.44. The molecule has 6 N–H and O–H groups in total. The Morgan fingerprint density at radius 3 is 2.28 bits per heavy atom. The number of benzene rings is 1. The minimum atomic E-state index is -1.42. The molecule has 0 unspecified atom stereocenters. The molecule has 7 nitrogen and oxygen atoms in total. The molecule has 29 heavy (non-hydrogen) atoms. The first-order chi connectivity index (χ1) is 13.6. The van der Waals surface area contributed by atoms with Crippen molar-refractivity contribution in [1.29, 1.82) is 0 Å². The SMILES string of the molecule is CC(C)(C)C1CCC(Oc2cc([C@@H]3O[C@H](CO)[C@@H](O)[C@H](O)[C@H]3O)ccc2N)CC1. The predicted molar refractivity (Wildman–Crippen MR) is 109 cm³/mol. The highest BCUT2D eigenvalue weighted by molar-refractivity contribution is 5.54. The summed E-state index contributed by atoms with van der Waals surface area (Å²) in [5.74, 6) is 1.21. The van der Waals surface area contributed by atoms with Crippen LogP contribution in [0.1, 0.15) is 58.1 Å². The molecule has 3 rings (SSSR count). The van der Waals surface area contributed by atoms with E-state index in [1.54, 1.807) is 18.2 Å². The normalized spacial score (nSPS) is 36.0. The van der Waals surface area contributed by atoms with Crippen LogP contribution < -0.4 is 10.5 Å². The number of anilines is 1. The van der Waals surface area contributed by atoms with Crippen LogP contribution in [0.25, 0.3) is 0 Å². The van der Waals surface area contributed by atoms with Crippen molar-refractivity contribution >= 4 is 5.69 Å². The highest BCUT2D eigenvalue weighted by Crippen LogP contribution is 2.40. The van der Waals surface area contributed by atoms with Crippen molar-refractivity contribution in [3.8, 4) is 5.75 Å². The smallest absolute Gasteiger partial charge is 0.142 e. The Labute approximate surface area is 172 Å². The van der Waals surface area contributed by atoms with Crippen molar-refractivity contribution in [3.63, 3.8) is 0 Å². The van der Waals surface area contributed by atoms with E-state index in [4.69, 9.17) is 15.2 Å². The number of aliphatic hydroxyl groups excluding tert-OH is 4. The maximum atomic E-state index is 10.4. The second-order valence-corrected chi connectivity index (χ2v) is 9.50. The minimum Gasteiger partial charge on any atom is -0.488 e. The second-order valence-electron chi connectivity index (χ2n) is 9.50. The molecule has 1 saturated heterocycles. The van der Waals surface area contributed by atoms with Gasteiger partial charge in [0.05, 0.1) is 18.4 Å². The fourth-order valence-electron chi connectivity index (χ4n) is 4.43. The maximum Gasteiger partial charge on any atom is 0.142 e. The van der Waals surface area contributed by atoms with E-state index < -0.39 is 37.1 Å².